The van der Waals surface area contributed by atoms with E-state index in [0.29, 0.717) is 30.3 Å². The molecule has 0 aliphatic carbocycles. The van der Waals surface area contributed by atoms with E-state index in [9.17, 15) is 13.4 Å². The lowest BCUT2D eigenvalue weighted by Crippen LogP contribution is -2.32. The second-order valence-corrected chi connectivity index (χ2v) is 5.52. The summed E-state index contributed by atoms with van der Waals surface area (Å²) in [6, 6.07) is 9.03. The van der Waals surface area contributed by atoms with E-state index in [1.54, 1.807) is 29.2 Å². The van der Waals surface area contributed by atoms with Crippen molar-refractivity contribution in [3.05, 3.63) is 48.4 Å². The number of halogens is 1. The molecule has 1 fully saturated rings. The highest BCUT2D eigenvalue weighted by Crippen LogP contribution is 2.25. The summed E-state index contributed by atoms with van der Waals surface area (Å²) in [5, 5.41) is 0. The molecule has 1 atom stereocenters. The quantitative estimate of drug-likeness (QED) is 0.838. The average Bonchev–Trinajstić information content (AvgIpc) is 2.90. The number of urea groups is 1. The van der Waals surface area contributed by atoms with Gasteiger partial charge in [-0.25, -0.2) is 18.4 Å². The van der Waals surface area contributed by atoms with Gasteiger partial charge in [0.15, 0.2) is 0 Å². The Balaban J connectivity index is 1.76. The van der Waals surface area contributed by atoms with Crippen molar-refractivity contribution in [2.75, 3.05) is 27.6 Å². The van der Waals surface area contributed by atoms with Crippen molar-refractivity contribution in [3.63, 3.8) is 0 Å². The van der Waals surface area contributed by atoms with Gasteiger partial charge < -0.3 is 0 Å². The van der Waals surface area contributed by atoms with E-state index in [1.807, 2.05) is 0 Å². The summed E-state index contributed by atoms with van der Waals surface area (Å²) in [5.74, 6) is -0.0607. The smallest absolute Gasteiger partial charge is 0.292 e. The van der Waals surface area contributed by atoms with Gasteiger partial charge in [0, 0.05) is 24.5 Å². The zero-order chi connectivity index (χ0) is 16.4. The van der Waals surface area contributed by atoms with Crippen LogP contribution in [-0.4, -0.2) is 32.9 Å². The van der Waals surface area contributed by atoms with Crippen molar-refractivity contribution < 1.29 is 17.9 Å². The van der Waals surface area contributed by atoms with Gasteiger partial charge in [0.1, 0.15) is 11.6 Å². The lowest BCUT2D eigenvalue weighted by molar-refractivity contribution is 0.255. The molecule has 120 valence electrons. The second-order valence-electron chi connectivity index (χ2n) is 4.82. The van der Waals surface area contributed by atoms with E-state index in [0.717, 1.165) is 6.20 Å². The summed E-state index contributed by atoms with van der Waals surface area (Å²) >= 11 is -2.14. The van der Waals surface area contributed by atoms with Crippen molar-refractivity contribution in [1.82, 2.24) is 4.98 Å². The Morgan fingerprint density at radius 2 is 1.83 bits per heavy atom. The summed E-state index contributed by atoms with van der Waals surface area (Å²) < 4.78 is 34.7. The third kappa shape index (κ3) is 3.30. The third-order valence-corrected chi connectivity index (χ3v) is 3.79. The molecule has 1 saturated heterocycles. The fraction of sp³-hybridized carbons (Fsp3) is 0.143. The normalized spacial score (nSPS) is 15.8. The SMILES string of the molecule is O=C1N(c2ccc(NS(=O)O)cc2)CCN1c1ccc(F)cn1. The molecular weight excluding hydrogens is 323 g/mol. The van der Waals surface area contributed by atoms with Crippen LogP contribution in [0.3, 0.4) is 0 Å². The molecule has 3 rings (SSSR count). The van der Waals surface area contributed by atoms with Crippen molar-refractivity contribution in [2.24, 2.45) is 0 Å². The lowest BCUT2D eigenvalue weighted by atomic mass is 10.2. The van der Waals surface area contributed by atoms with Crippen LogP contribution in [0.1, 0.15) is 0 Å². The Labute approximate surface area is 134 Å². The molecule has 2 aromatic rings. The summed E-state index contributed by atoms with van der Waals surface area (Å²) in [7, 11) is 0. The van der Waals surface area contributed by atoms with Crippen LogP contribution in [0, 0.1) is 5.82 Å². The first-order valence-electron chi connectivity index (χ1n) is 6.73. The van der Waals surface area contributed by atoms with Crippen molar-refractivity contribution >= 4 is 34.5 Å². The predicted octanol–water partition coefficient (Wildman–Crippen LogP) is 2.22. The van der Waals surface area contributed by atoms with Crippen LogP contribution in [0.4, 0.5) is 26.4 Å². The molecule has 1 unspecified atom stereocenters. The molecule has 1 aromatic carbocycles. The number of benzene rings is 1. The van der Waals surface area contributed by atoms with Crippen LogP contribution in [-0.2, 0) is 11.3 Å². The number of amides is 2. The second kappa shape index (κ2) is 6.31. The molecule has 1 aromatic heterocycles. The van der Waals surface area contributed by atoms with Gasteiger partial charge in [0.25, 0.3) is 11.3 Å². The minimum Gasteiger partial charge on any atom is -0.292 e. The van der Waals surface area contributed by atoms with Gasteiger partial charge in [-0.3, -0.25) is 19.1 Å². The first kappa shape index (κ1) is 15.4. The standard InChI is InChI=1S/C14H13FN4O3S/c15-10-1-6-13(16-9-10)19-8-7-18(14(19)20)12-4-2-11(3-5-12)17-23(21)22/h1-6,9,17H,7-8H2,(H,21,22). The van der Waals surface area contributed by atoms with Gasteiger partial charge in [0.05, 0.1) is 6.20 Å². The Bertz CT molecular complexity index is 739. The van der Waals surface area contributed by atoms with Gasteiger partial charge in [-0.05, 0) is 36.4 Å². The van der Waals surface area contributed by atoms with E-state index >= 15 is 0 Å². The van der Waals surface area contributed by atoms with Crippen molar-refractivity contribution in [1.29, 1.82) is 0 Å². The molecule has 9 heteroatoms. The Kier molecular flexibility index (Phi) is 4.22. The average molecular weight is 336 g/mol. The number of nitrogens with zero attached hydrogens (tertiary/aromatic N) is 3. The highest BCUT2D eigenvalue weighted by molar-refractivity contribution is 7.80. The molecule has 2 heterocycles. The minimum absolute atomic E-state index is 0.254. The number of carbonyl (C=O) groups excluding carboxylic acids is 1. The molecule has 1 aliphatic heterocycles. The molecule has 23 heavy (non-hydrogen) atoms. The van der Waals surface area contributed by atoms with E-state index in [2.05, 4.69) is 9.71 Å². The monoisotopic (exact) mass is 336 g/mol. The molecule has 7 nitrogen and oxygen atoms in total. The Morgan fingerprint density at radius 3 is 2.43 bits per heavy atom. The summed E-state index contributed by atoms with van der Waals surface area (Å²) in [4.78, 5) is 19.4. The number of carbonyl (C=O) groups is 1. The maximum atomic E-state index is 12.9. The topological polar surface area (TPSA) is 85.8 Å². The summed E-state index contributed by atoms with van der Waals surface area (Å²) in [5.41, 5.74) is 1.13. The van der Waals surface area contributed by atoms with E-state index in [-0.39, 0.29) is 6.03 Å². The van der Waals surface area contributed by atoms with Crippen molar-refractivity contribution in [3.8, 4) is 0 Å². The molecular formula is C14H13FN4O3S. The van der Waals surface area contributed by atoms with Crippen LogP contribution in [0.2, 0.25) is 0 Å². The summed E-state index contributed by atoms with van der Waals surface area (Å²) in [6.45, 7) is 0.911. The Hall–Kier alpha value is -2.52. The molecule has 0 saturated carbocycles. The molecule has 0 bridgehead atoms. The van der Waals surface area contributed by atoms with Crippen LogP contribution >= 0.6 is 0 Å². The fourth-order valence-electron chi connectivity index (χ4n) is 2.33. The van der Waals surface area contributed by atoms with E-state index < -0.39 is 17.1 Å². The van der Waals surface area contributed by atoms with Gasteiger partial charge in [-0.15, -0.1) is 0 Å². The molecule has 2 amide bonds. The maximum absolute atomic E-state index is 12.9. The predicted molar refractivity (Wildman–Crippen MR) is 85.1 cm³/mol. The minimum atomic E-state index is -2.14. The van der Waals surface area contributed by atoms with Crippen LogP contribution < -0.4 is 14.5 Å². The van der Waals surface area contributed by atoms with Gasteiger partial charge in [-0.2, -0.15) is 0 Å². The van der Waals surface area contributed by atoms with Gasteiger partial charge >= 0.3 is 6.03 Å². The third-order valence-electron chi connectivity index (χ3n) is 3.38. The number of hydrogen-bond donors (Lipinski definition) is 2. The fourth-order valence-corrected chi connectivity index (χ4v) is 2.66. The largest absolute Gasteiger partial charge is 0.330 e. The number of rotatable bonds is 4. The Morgan fingerprint density at radius 1 is 1.13 bits per heavy atom. The zero-order valence-electron chi connectivity index (χ0n) is 11.8. The summed E-state index contributed by atoms with van der Waals surface area (Å²) in [6.07, 6.45) is 1.07. The number of nitrogens with one attached hydrogen (secondary N) is 1. The number of pyridine rings is 1. The maximum Gasteiger partial charge on any atom is 0.330 e. The number of hydrogen-bond acceptors (Lipinski definition) is 3. The van der Waals surface area contributed by atoms with E-state index in [4.69, 9.17) is 4.55 Å². The molecule has 0 radical (unpaired) electrons. The number of anilines is 3. The van der Waals surface area contributed by atoms with Crippen molar-refractivity contribution in [2.45, 2.75) is 0 Å². The highest BCUT2D eigenvalue weighted by atomic mass is 32.2. The zero-order valence-corrected chi connectivity index (χ0v) is 12.7. The van der Waals surface area contributed by atoms with Crippen LogP contribution in [0.5, 0.6) is 0 Å². The molecule has 1 aliphatic rings. The van der Waals surface area contributed by atoms with E-state index in [1.165, 1.54) is 17.0 Å². The first-order chi connectivity index (χ1) is 11.0. The number of aromatic nitrogens is 1. The highest BCUT2D eigenvalue weighted by Gasteiger charge is 2.31. The van der Waals surface area contributed by atoms with Crippen LogP contribution in [0.25, 0.3) is 0 Å². The molecule has 0 spiro atoms. The lowest BCUT2D eigenvalue weighted by Gasteiger charge is -2.18. The first-order valence-corrected chi connectivity index (χ1v) is 7.83. The van der Waals surface area contributed by atoms with Gasteiger partial charge in [0.2, 0.25) is 0 Å². The van der Waals surface area contributed by atoms with Gasteiger partial charge in [-0.1, -0.05) is 0 Å². The molecule has 2 N–H and O–H groups in total. The van der Waals surface area contributed by atoms with Crippen LogP contribution in [0.15, 0.2) is 42.6 Å².